The molecule has 0 saturated carbocycles. The minimum absolute atomic E-state index is 0.0396. The Morgan fingerprint density at radius 2 is 1.80 bits per heavy atom. The molecule has 0 spiro atoms. The van der Waals surface area contributed by atoms with E-state index in [1.165, 1.54) is 30.1 Å². The number of ether oxygens (including phenoxy) is 8. The molecule has 0 N–H and O–H groups in total. The van der Waals surface area contributed by atoms with E-state index in [4.69, 9.17) is 42.9 Å². The lowest BCUT2D eigenvalue weighted by Gasteiger charge is -2.27. The molecule has 0 saturated heterocycles. The largest absolute Gasteiger partial charge is 0.493 e. The van der Waals surface area contributed by atoms with Gasteiger partial charge >= 0.3 is 5.97 Å². The zero-order chi connectivity index (χ0) is 34.5. The summed E-state index contributed by atoms with van der Waals surface area (Å²) in [5, 5.41) is 0. The number of para-hydroxylation sites is 1. The van der Waals surface area contributed by atoms with Crippen molar-refractivity contribution in [3.63, 3.8) is 0 Å². The molecule has 0 amide bonds. The van der Waals surface area contributed by atoms with Crippen molar-refractivity contribution in [2.24, 2.45) is 4.99 Å². The van der Waals surface area contributed by atoms with Crippen LogP contribution in [-0.2, 0) is 20.9 Å². The quantitative estimate of drug-likeness (QED) is 0.150. The van der Waals surface area contributed by atoms with Crippen LogP contribution in [0.5, 0.6) is 34.5 Å². The lowest BCUT2D eigenvalue weighted by molar-refractivity contribution is -0.140. The van der Waals surface area contributed by atoms with E-state index < -0.39 is 12.0 Å². The number of benzene rings is 3. The van der Waals surface area contributed by atoms with Gasteiger partial charge in [-0.15, -0.1) is 0 Å². The number of nitrogens with zero attached hydrogens (tertiary/aromatic N) is 2. The molecular formula is C36H36N2O10S. The molecule has 6 rings (SSSR count). The van der Waals surface area contributed by atoms with Crippen LogP contribution in [0.25, 0.3) is 6.08 Å². The van der Waals surface area contributed by atoms with Crippen molar-refractivity contribution < 1.29 is 42.7 Å². The molecule has 0 fully saturated rings. The minimum Gasteiger partial charge on any atom is -0.493 e. The monoisotopic (exact) mass is 688 g/mol. The summed E-state index contributed by atoms with van der Waals surface area (Å²) >= 11 is 1.21. The van der Waals surface area contributed by atoms with Gasteiger partial charge in [-0.05, 0) is 61.4 Å². The van der Waals surface area contributed by atoms with Gasteiger partial charge in [0.05, 0.1) is 43.2 Å². The summed E-state index contributed by atoms with van der Waals surface area (Å²) in [5.41, 5.74) is 2.49. The second-order valence-corrected chi connectivity index (χ2v) is 11.9. The molecule has 1 aromatic heterocycles. The van der Waals surface area contributed by atoms with E-state index in [0.717, 1.165) is 5.56 Å². The van der Waals surface area contributed by atoms with E-state index in [0.29, 0.717) is 67.3 Å². The molecule has 49 heavy (non-hydrogen) atoms. The number of hydrogen-bond donors (Lipinski definition) is 0. The standard InChI is InChI=1S/C36H36N2O10S/c1-6-44-33-24(8-7-9-27(33)42-4)32-31(35(40)45-15-14-41-3)21(2)37-36-38(32)34(39)30(49-36)18-22-10-12-25(28(16-22)43-5)46-19-23-11-13-26-29(17-23)48-20-47-26/h7-13,16-18,32H,6,14-15,19-20H2,1-5H3/b30-18+/t32-/m1/s1. The summed E-state index contributed by atoms with van der Waals surface area (Å²) in [6, 6.07) is 15.5. The van der Waals surface area contributed by atoms with E-state index in [2.05, 4.69) is 0 Å². The van der Waals surface area contributed by atoms with Gasteiger partial charge in [-0.2, -0.15) is 0 Å². The van der Waals surface area contributed by atoms with Gasteiger partial charge in [0, 0.05) is 12.7 Å². The summed E-state index contributed by atoms with van der Waals surface area (Å²) in [6.07, 6.45) is 1.76. The Morgan fingerprint density at radius 1 is 0.980 bits per heavy atom. The Morgan fingerprint density at radius 3 is 2.57 bits per heavy atom. The second kappa shape index (κ2) is 14.9. The maximum Gasteiger partial charge on any atom is 0.338 e. The first kappa shape index (κ1) is 33.6. The first-order valence-electron chi connectivity index (χ1n) is 15.5. The molecule has 3 aromatic carbocycles. The molecule has 13 heteroatoms. The highest BCUT2D eigenvalue weighted by molar-refractivity contribution is 7.07. The third-order valence-electron chi connectivity index (χ3n) is 7.89. The number of esters is 1. The Hall–Kier alpha value is -5.27. The van der Waals surface area contributed by atoms with E-state index in [9.17, 15) is 9.59 Å². The molecule has 0 aliphatic carbocycles. The molecule has 3 heterocycles. The van der Waals surface area contributed by atoms with Gasteiger partial charge in [0.2, 0.25) is 6.79 Å². The Balaban J connectivity index is 1.38. The average Bonchev–Trinajstić information content (AvgIpc) is 3.70. The van der Waals surface area contributed by atoms with Crippen molar-refractivity contribution in [1.29, 1.82) is 0 Å². The molecule has 0 bridgehead atoms. The van der Waals surface area contributed by atoms with Gasteiger partial charge < -0.3 is 37.9 Å². The van der Waals surface area contributed by atoms with E-state index in [1.54, 1.807) is 44.4 Å². The van der Waals surface area contributed by atoms with Crippen LogP contribution in [0.15, 0.2) is 75.7 Å². The fourth-order valence-electron chi connectivity index (χ4n) is 5.62. The predicted octanol–water partition coefficient (Wildman–Crippen LogP) is 4.15. The van der Waals surface area contributed by atoms with Gasteiger partial charge in [0.25, 0.3) is 5.56 Å². The first-order valence-corrected chi connectivity index (χ1v) is 16.4. The predicted molar refractivity (Wildman–Crippen MR) is 181 cm³/mol. The number of fused-ring (bicyclic) bond motifs is 2. The zero-order valence-corrected chi connectivity index (χ0v) is 28.6. The summed E-state index contributed by atoms with van der Waals surface area (Å²) in [5.74, 6) is 2.69. The van der Waals surface area contributed by atoms with E-state index in [1.807, 2.05) is 37.3 Å². The van der Waals surface area contributed by atoms with Crippen LogP contribution in [0.3, 0.4) is 0 Å². The van der Waals surface area contributed by atoms with Gasteiger partial charge in [-0.3, -0.25) is 9.36 Å². The summed E-state index contributed by atoms with van der Waals surface area (Å²) in [6.45, 7) is 4.66. The average molecular weight is 689 g/mol. The molecular weight excluding hydrogens is 652 g/mol. The van der Waals surface area contributed by atoms with E-state index >= 15 is 0 Å². The smallest absolute Gasteiger partial charge is 0.338 e. The van der Waals surface area contributed by atoms with Gasteiger partial charge in [-0.25, -0.2) is 9.79 Å². The van der Waals surface area contributed by atoms with Crippen molar-refractivity contribution in [2.45, 2.75) is 26.5 Å². The number of thiazole rings is 1. The third kappa shape index (κ3) is 6.85. The van der Waals surface area contributed by atoms with Crippen LogP contribution >= 0.6 is 11.3 Å². The topological polar surface area (TPSA) is 125 Å². The lowest BCUT2D eigenvalue weighted by Crippen LogP contribution is -2.40. The van der Waals surface area contributed by atoms with Crippen molar-refractivity contribution in [3.8, 4) is 34.5 Å². The number of rotatable bonds is 13. The number of allylic oxidation sites excluding steroid dienone is 1. The van der Waals surface area contributed by atoms with Crippen LogP contribution < -0.4 is 43.3 Å². The van der Waals surface area contributed by atoms with Gasteiger partial charge in [0.1, 0.15) is 19.3 Å². The fourth-order valence-corrected chi connectivity index (χ4v) is 6.66. The molecule has 0 unspecified atom stereocenters. The summed E-state index contributed by atoms with van der Waals surface area (Å²) < 4.78 is 46.7. The maximum absolute atomic E-state index is 14.3. The molecule has 256 valence electrons. The SMILES string of the molecule is CCOc1c(OC)cccc1[C@@H]1C(C(=O)OCCOC)=C(C)N=c2s/c(=C/c3ccc(OCc4ccc5c(c4)OCO5)c(OC)c3)c(=O)n21. The number of methoxy groups -OCH3 is 3. The molecule has 12 nitrogen and oxygen atoms in total. The Bertz CT molecular complexity index is 2080. The van der Waals surface area contributed by atoms with Crippen LogP contribution in [0.1, 0.15) is 36.6 Å². The third-order valence-corrected chi connectivity index (χ3v) is 8.87. The van der Waals surface area contributed by atoms with Crippen LogP contribution in [0.2, 0.25) is 0 Å². The lowest BCUT2D eigenvalue weighted by atomic mass is 9.94. The number of carbonyl (C=O) groups excluding carboxylic acids is 1. The second-order valence-electron chi connectivity index (χ2n) is 10.9. The van der Waals surface area contributed by atoms with Crippen molar-refractivity contribution in [2.75, 3.05) is 47.9 Å². The molecule has 0 radical (unpaired) electrons. The zero-order valence-electron chi connectivity index (χ0n) is 27.8. The molecule has 2 aliphatic heterocycles. The normalized spacial score (nSPS) is 15.0. The Kier molecular flexibility index (Phi) is 10.2. The summed E-state index contributed by atoms with van der Waals surface area (Å²) in [7, 11) is 4.62. The highest BCUT2D eigenvalue weighted by Crippen LogP contribution is 2.41. The summed E-state index contributed by atoms with van der Waals surface area (Å²) in [4.78, 5) is 33.0. The number of aromatic nitrogens is 1. The van der Waals surface area contributed by atoms with Crippen LogP contribution in [-0.4, -0.2) is 58.5 Å². The fraction of sp³-hybridized carbons (Fsp3) is 0.306. The molecule has 1 atom stereocenters. The van der Waals surface area contributed by atoms with Crippen molar-refractivity contribution >= 4 is 23.4 Å². The molecule has 2 aliphatic rings. The highest BCUT2D eigenvalue weighted by Gasteiger charge is 2.36. The van der Waals surface area contributed by atoms with Crippen LogP contribution in [0.4, 0.5) is 0 Å². The van der Waals surface area contributed by atoms with Crippen molar-refractivity contribution in [1.82, 2.24) is 4.57 Å². The Labute approximate surface area is 286 Å². The molecule has 4 aromatic rings. The maximum atomic E-state index is 14.3. The van der Waals surface area contributed by atoms with Gasteiger partial charge in [-0.1, -0.05) is 35.6 Å². The van der Waals surface area contributed by atoms with Crippen LogP contribution in [0, 0.1) is 0 Å². The van der Waals surface area contributed by atoms with E-state index in [-0.39, 0.29) is 37.7 Å². The minimum atomic E-state index is -0.897. The number of carbonyl (C=O) groups is 1. The first-order chi connectivity index (χ1) is 23.9. The van der Waals surface area contributed by atoms with Crippen molar-refractivity contribution in [3.05, 3.63) is 102 Å². The number of hydrogen-bond acceptors (Lipinski definition) is 12. The highest BCUT2D eigenvalue weighted by atomic mass is 32.1. The van der Waals surface area contributed by atoms with Gasteiger partial charge in [0.15, 0.2) is 39.3 Å².